The summed E-state index contributed by atoms with van der Waals surface area (Å²) in [7, 11) is 0. The number of nitrogens with zero attached hydrogens (tertiary/aromatic N) is 1. The summed E-state index contributed by atoms with van der Waals surface area (Å²) in [4.78, 5) is 27.8. The van der Waals surface area contributed by atoms with E-state index in [0.29, 0.717) is 0 Å². The number of fused-ring (bicyclic) bond motifs is 1. The number of para-hydroxylation sites is 1. The van der Waals surface area contributed by atoms with Gasteiger partial charge in [0.15, 0.2) is 6.10 Å². The molecule has 1 atom stereocenters. The van der Waals surface area contributed by atoms with Crippen molar-refractivity contribution in [2.24, 2.45) is 0 Å². The Morgan fingerprint density at radius 1 is 1.16 bits per heavy atom. The van der Waals surface area contributed by atoms with Crippen molar-refractivity contribution in [3.63, 3.8) is 0 Å². The maximum atomic E-state index is 14.2. The maximum absolute atomic E-state index is 14.2. The molecule has 0 saturated carbocycles. The molecule has 0 fully saturated rings. The van der Waals surface area contributed by atoms with Gasteiger partial charge in [-0.05, 0) is 49.7 Å². The third-order valence-corrected chi connectivity index (χ3v) is 4.43. The molecule has 2 aromatic carbocycles. The predicted octanol–water partition coefficient (Wildman–Crippen LogP) is 4.54. The second kappa shape index (κ2) is 9.99. The number of pyridine rings is 1. The number of amides is 1. The van der Waals surface area contributed by atoms with Crippen LogP contribution in [0.3, 0.4) is 0 Å². The number of nitrogens with one attached hydrogen (secondary N) is 1. The number of carbonyl (C=O) groups excluding carboxylic acids is 1. The first-order chi connectivity index (χ1) is 14.8. The van der Waals surface area contributed by atoms with Gasteiger partial charge in [0, 0.05) is 29.3 Å². The molecule has 0 saturated heterocycles. The average molecular weight is 426 g/mol. The van der Waals surface area contributed by atoms with Crippen LogP contribution in [-0.4, -0.2) is 34.4 Å². The highest BCUT2D eigenvalue weighted by Gasteiger charge is 2.22. The number of ether oxygens (including phenoxy) is 2. The molecule has 0 aliphatic heterocycles. The number of aliphatic carboxylic acids is 1. The minimum Gasteiger partial charge on any atom is -0.479 e. The van der Waals surface area contributed by atoms with Crippen LogP contribution >= 0.6 is 0 Å². The van der Waals surface area contributed by atoms with Crippen molar-refractivity contribution in [2.75, 3.05) is 5.32 Å². The molecule has 8 heteroatoms. The van der Waals surface area contributed by atoms with Gasteiger partial charge in [0.2, 0.25) is 0 Å². The number of aromatic nitrogens is 1. The Bertz CT molecular complexity index is 1090. The number of hydrogen-bond donors (Lipinski definition) is 2. The van der Waals surface area contributed by atoms with Crippen LogP contribution in [0.15, 0.2) is 54.7 Å². The molecule has 1 aromatic heterocycles. The standard InChI is InChI=1S/C23H23FN2O5/c1-14(2)31-21(22(27)28)11-17-10-18(7-8-19(17)24)26-23(29)30-13-15-9-16-5-3-4-6-20(16)25-12-15/h3-10,12,14,21H,11,13H2,1-2H3,(H,26,29)(H,27,28). The predicted molar refractivity (Wildman–Crippen MR) is 113 cm³/mol. The Morgan fingerprint density at radius 3 is 2.68 bits per heavy atom. The highest BCUT2D eigenvalue weighted by molar-refractivity contribution is 5.85. The van der Waals surface area contributed by atoms with Crippen LogP contribution in [-0.2, 0) is 27.3 Å². The maximum Gasteiger partial charge on any atom is 0.411 e. The van der Waals surface area contributed by atoms with Crippen molar-refractivity contribution < 1.29 is 28.6 Å². The number of hydrogen-bond acceptors (Lipinski definition) is 5. The van der Waals surface area contributed by atoms with Crippen LogP contribution in [0.4, 0.5) is 14.9 Å². The molecular formula is C23H23FN2O5. The monoisotopic (exact) mass is 426 g/mol. The van der Waals surface area contributed by atoms with Gasteiger partial charge < -0.3 is 14.6 Å². The Hall–Kier alpha value is -3.52. The summed E-state index contributed by atoms with van der Waals surface area (Å²) in [5.74, 6) is -1.77. The molecule has 3 aromatic rings. The smallest absolute Gasteiger partial charge is 0.411 e. The number of halogens is 1. The van der Waals surface area contributed by atoms with Crippen molar-refractivity contribution in [1.82, 2.24) is 4.98 Å². The quantitative estimate of drug-likeness (QED) is 0.549. The first-order valence-electron chi connectivity index (χ1n) is 9.76. The summed E-state index contributed by atoms with van der Waals surface area (Å²) in [6.07, 6.45) is -0.792. The van der Waals surface area contributed by atoms with Crippen molar-refractivity contribution in [1.29, 1.82) is 0 Å². The summed E-state index contributed by atoms with van der Waals surface area (Å²) in [5.41, 5.74) is 1.97. The van der Waals surface area contributed by atoms with Gasteiger partial charge in [0.05, 0.1) is 11.6 Å². The lowest BCUT2D eigenvalue weighted by Crippen LogP contribution is -2.29. The molecule has 3 rings (SSSR count). The molecule has 7 nitrogen and oxygen atoms in total. The molecule has 31 heavy (non-hydrogen) atoms. The molecule has 0 aliphatic rings. The Morgan fingerprint density at radius 2 is 1.94 bits per heavy atom. The van der Waals surface area contributed by atoms with E-state index in [9.17, 15) is 19.1 Å². The normalized spacial score (nSPS) is 12.0. The number of carboxylic acid groups (broad SMARTS) is 1. The number of carbonyl (C=O) groups is 2. The second-order valence-electron chi connectivity index (χ2n) is 7.26. The van der Waals surface area contributed by atoms with Crippen molar-refractivity contribution >= 4 is 28.7 Å². The number of rotatable bonds is 8. The molecule has 1 amide bonds. The number of carboxylic acids is 1. The fourth-order valence-corrected chi connectivity index (χ4v) is 3.03. The summed E-state index contributed by atoms with van der Waals surface area (Å²) in [6, 6.07) is 13.4. The second-order valence-corrected chi connectivity index (χ2v) is 7.26. The third-order valence-electron chi connectivity index (χ3n) is 4.43. The summed E-state index contributed by atoms with van der Waals surface area (Å²) < 4.78 is 24.7. The van der Waals surface area contributed by atoms with Gasteiger partial charge >= 0.3 is 12.1 Å². The van der Waals surface area contributed by atoms with Crippen LogP contribution in [0.2, 0.25) is 0 Å². The lowest BCUT2D eigenvalue weighted by molar-refractivity contribution is -0.153. The Balaban J connectivity index is 1.62. The van der Waals surface area contributed by atoms with E-state index in [2.05, 4.69) is 10.3 Å². The summed E-state index contributed by atoms with van der Waals surface area (Å²) in [6.45, 7) is 3.41. The number of anilines is 1. The van der Waals surface area contributed by atoms with Crippen molar-refractivity contribution in [3.05, 3.63) is 71.7 Å². The van der Waals surface area contributed by atoms with Crippen LogP contribution < -0.4 is 5.32 Å². The van der Waals surface area contributed by atoms with Crippen LogP contribution in [0, 0.1) is 5.82 Å². The van der Waals surface area contributed by atoms with E-state index in [0.717, 1.165) is 22.5 Å². The molecule has 1 unspecified atom stereocenters. The van der Waals surface area contributed by atoms with E-state index in [1.807, 2.05) is 30.3 Å². The van der Waals surface area contributed by atoms with E-state index >= 15 is 0 Å². The van der Waals surface area contributed by atoms with E-state index < -0.39 is 24.0 Å². The van der Waals surface area contributed by atoms with Crippen molar-refractivity contribution in [2.45, 2.75) is 39.1 Å². The van der Waals surface area contributed by atoms with Gasteiger partial charge in [-0.25, -0.2) is 14.0 Å². The average Bonchev–Trinajstić information content (AvgIpc) is 2.73. The van der Waals surface area contributed by atoms with E-state index in [4.69, 9.17) is 9.47 Å². The SMILES string of the molecule is CC(C)OC(Cc1cc(NC(=O)OCc2cnc3ccccc3c2)ccc1F)C(=O)O. The molecule has 0 radical (unpaired) electrons. The minimum absolute atomic E-state index is 0.0149. The molecule has 1 heterocycles. The van der Waals surface area contributed by atoms with E-state index in [-0.39, 0.29) is 30.4 Å². The number of benzene rings is 2. The summed E-state index contributed by atoms with van der Waals surface area (Å²) in [5, 5.41) is 12.7. The van der Waals surface area contributed by atoms with E-state index in [1.54, 1.807) is 20.0 Å². The highest BCUT2D eigenvalue weighted by atomic mass is 19.1. The topological polar surface area (TPSA) is 97.8 Å². The zero-order valence-corrected chi connectivity index (χ0v) is 17.2. The first-order valence-corrected chi connectivity index (χ1v) is 9.76. The van der Waals surface area contributed by atoms with Gasteiger partial charge in [-0.3, -0.25) is 10.3 Å². The van der Waals surface area contributed by atoms with Crippen LogP contribution in [0.1, 0.15) is 25.0 Å². The Kier molecular flexibility index (Phi) is 7.15. The molecule has 0 aliphatic carbocycles. The zero-order chi connectivity index (χ0) is 22.4. The van der Waals surface area contributed by atoms with Crippen molar-refractivity contribution in [3.8, 4) is 0 Å². The largest absolute Gasteiger partial charge is 0.479 e. The molecule has 0 spiro atoms. The van der Waals surface area contributed by atoms with Gasteiger partial charge in [-0.15, -0.1) is 0 Å². The van der Waals surface area contributed by atoms with Crippen LogP contribution in [0.5, 0.6) is 0 Å². The fraction of sp³-hybridized carbons (Fsp3) is 0.261. The van der Waals surface area contributed by atoms with Crippen LogP contribution in [0.25, 0.3) is 10.9 Å². The lowest BCUT2D eigenvalue weighted by Gasteiger charge is -2.17. The zero-order valence-electron chi connectivity index (χ0n) is 17.2. The highest BCUT2D eigenvalue weighted by Crippen LogP contribution is 2.19. The third kappa shape index (κ3) is 6.23. The van der Waals surface area contributed by atoms with Gasteiger partial charge in [-0.2, -0.15) is 0 Å². The molecule has 162 valence electrons. The molecule has 2 N–H and O–H groups in total. The van der Waals surface area contributed by atoms with Gasteiger partial charge in [-0.1, -0.05) is 18.2 Å². The molecular weight excluding hydrogens is 403 g/mol. The van der Waals surface area contributed by atoms with Gasteiger partial charge in [0.25, 0.3) is 0 Å². The minimum atomic E-state index is -1.20. The first kappa shape index (κ1) is 22.2. The Labute approximate surface area is 178 Å². The van der Waals surface area contributed by atoms with Gasteiger partial charge in [0.1, 0.15) is 12.4 Å². The molecule has 0 bridgehead atoms. The lowest BCUT2D eigenvalue weighted by atomic mass is 10.1. The van der Waals surface area contributed by atoms with E-state index in [1.165, 1.54) is 12.1 Å². The summed E-state index contributed by atoms with van der Waals surface area (Å²) >= 11 is 0. The fourth-order valence-electron chi connectivity index (χ4n) is 3.03.